The average Bonchev–Trinajstić information content (AvgIpc) is 2.29. The molecule has 1 aromatic carbocycles. The first-order valence-electron chi connectivity index (χ1n) is 5.33. The number of para-hydroxylation sites is 1. The van der Waals surface area contributed by atoms with Crippen molar-refractivity contribution >= 4 is 0 Å². The number of methoxy groups -OCH3 is 1. The molecule has 3 nitrogen and oxygen atoms in total. The van der Waals surface area contributed by atoms with Crippen molar-refractivity contribution in [1.29, 1.82) is 0 Å². The monoisotopic (exact) mass is 208 g/mol. The Morgan fingerprint density at radius 2 is 2.13 bits per heavy atom. The number of benzene rings is 1. The van der Waals surface area contributed by atoms with Crippen LogP contribution in [0.1, 0.15) is 12.5 Å². The third-order valence-electron chi connectivity index (χ3n) is 2.43. The minimum atomic E-state index is 0.375. The fraction of sp³-hybridized carbons (Fsp3) is 0.500. The van der Waals surface area contributed by atoms with Crippen molar-refractivity contribution in [3.05, 3.63) is 29.8 Å². The molecule has 0 unspecified atom stereocenters. The van der Waals surface area contributed by atoms with Gasteiger partial charge in [0.1, 0.15) is 5.75 Å². The van der Waals surface area contributed by atoms with Gasteiger partial charge in [0.15, 0.2) is 0 Å². The van der Waals surface area contributed by atoms with E-state index in [2.05, 4.69) is 18.3 Å². The highest BCUT2D eigenvalue weighted by Gasteiger charge is 2.02. The number of ether oxygens (including phenoxy) is 1. The third-order valence-corrected chi connectivity index (χ3v) is 2.43. The van der Waals surface area contributed by atoms with Crippen LogP contribution >= 0.6 is 0 Å². The number of nitrogens with one attached hydrogen (secondary N) is 1. The van der Waals surface area contributed by atoms with E-state index >= 15 is 0 Å². The molecule has 0 aromatic heterocycles. The lowest BCUT2D eigenvalue weighted by molar-refractivity contribution is 0.408. The van der Waals surface area contributed by atoms with Crippen molar-refractivity contribution in [3.63, 3.8) is 0 Å². The first-order chi connectivity index (χ1) is 7.27. The molecule has 0 radical (unpaired) electrons. The molecule has 0 saturated heterocycles. The molecule has 0 fully saturated rings. The molecule has 0 bridgehead atoms. The Kier molecular flexibility index (Phi) is 5.15. The van der Waals surface area contributed by atoms with E-state index < -0.39 is 0 Å². The van der Waals surface area contributed by atoms with Gasteiger partial charge in [0, 0.05) is 12.6 Å². The predicted octanol–water partition coefficient (Wildman–Crippen LogP) is 1.17. The Morgan fingerprint density at radius 3 is 2.80 bits per heavy atom. The zero-order valence-corrected chi connectivity index (χ0v) is 9.49. The summed E-state index contributed by atoms with van der Waals surface area (Å²) in [6.07, 6.45) is 0.967. The summed E-state index contributed by atoms with van der Waals surface area (Å²) in [7, 11) is 1.70. The van der Waals surface area contributed by atoms with E-state index in [0.29, 0.717) is 12.6 Å². The first kappa shape index (κ1) is 12.0. The lowest BCUT2D eigenvalue weighted by Gasteiger charge is -2.12. The van der Waals surface area contributed by atoms with E-state index in [0.717, 1.165) is 18.7 Å². The summed E-state index contributed by atoms with van der Waals surface area (Å²) >= 11 is 0. The molecule has 0 aliphatic rings. The van der Waals surface area contributed by atoms with E-state index in [1.165, 1.54) is 5.56 Å². The fourth-order valence-corrected chi connectivity index (χ4v) is 1.45. The lowest BCUT2D eigenvalue weighted by Crippen LogP contribution is -2.34. The van der Waals surface area contributed by atoms with Crippen molar-refractivity contribution in [2.75, 3.05) is 20.2 Å². The van der Waals surface area contributed by atoms with Crippen LogP contribution in [0.4, 0.5) is 0 Å². The Labute approximate surface area is 91.6 Å². The Hall–Kier alpha value is -1.06. The molecule has 1 aromatic rings. The number of hydrogen-bond acceptors (Lipinski definition) is 3. The number of nitrogens with two attached hydrogens (primary N) is 1. The summed E-state index contributed by atoms with van der Waals surface area (Å²) in [6, 6.07) is 8.47. The topological polar surface area (TPSA) is 47.3 Å². The molecule has 0 heterocycles. The largest absolute Gasteiger partial charge is 0.496 e. The summed E-state index contributed by atoms with van der Waals surface area (Å²) < 4.78 is 5.28. The summed E-state index contributed by atoms with van der Waals surface area (Å²) in [5.41, 5.74) is 6.75. The van der Waals surface area contributed by atoms with Crippen LogP contribution in [-0.2, 0) is 6.42 Å². The van der Waals surface area contributed by atoms with Gasteiger partial charge in [-0.1, -0.05) is 18.2 Å². The van der Waals surface area contributed by atoms with Gasteiger partial charge in [0.2, 0.25) is 0 Å². The van der Waals surface area contributed by atoms with E-state index in [9.17, 15) is 0 Å². The van der Waals surface area contributed by atoms with Gasteiger partial charge in [-0.25, -0.2) is 0 Å². The van der Waals surface area contributed by atoms with Crippen molar-refractivity contribution in [2.45, 2.75) is 19.4 Å². The molecule has 0 saturated carbocycles. The van der Waals surface area contributed by atoms with Gasteiger partial charge in [-0.3, -0.25) is 0 Å². The lowest BCUT2D eigenvalue weighted by atomic mass is 10.1. The second kappa shape index (κ2) is 6.43. The maximum Gasteiger partial charge on any atom is 0.122 e. The highest BCUT2D eigenvalue weighted by molar-refractivity contribution is 5.33. The SMILES string of the molecule is COc1ccccc1CCN[C@H](C)CN. The van der Waals surface area contributed by atoms with E-state index in [-0.39, 0.29) is 0 Å². The molecule has 1 rings (SSSR count). The minimum absolute atomic E-state index is 0.375. The molecule has 15 heavy (non-hydrogen) atoms. The van der Waals surface area contributed by atoms with Gasteiger partial charge in [-0.2, -0.15) is 0 Å². The van der Waals surface area contributed by atoms with Gasteiger partial charge in [0.25, 0.3) is 0 Å². The highest BCUT2D eigenvalue weighted by Crippen LogP contribution is 2.17. The highest BCUT2D eigenvalue weighted by atomic mass is 16.5. The van der Waals surface area contributed by atoms with E-state index in [1.807, 2.05) is 18.2 Å². The molecule has 3 heteroatoms. The van der Waals surface area contributed by atoms with Crippen LogP contribution in [0, 0.1) is 0 Å². The van der Waals surface area contributed by atoms with Crippen LogP contribution in [-0.4, -0.2) is 26.2 Å². The molecule has 3 N–H and O–H groups in total. The molecule has 0 spiro atoms. The van der Waals surface area contributed by atoms with Gasteiger partial charge >= 0.3 is 0 Å². The molecular weight excluding hydrogens is 188 g/mol. The Balaban J connectivity index is 2.43. The maximum atomic E-state index is 5.52. The zero-order chi connectivity index (χ0) is 11.1. The molecule has 0 amide bonds. The minimum Gasteiger partial charge on any atom is -0.496 e. The summed E-state index contributed by atoms with van der Waals surface area (Å²) in [6.45, 7) is 3.69. The van der Waals surface area contributed by atoms with Crippen LogP contribution in [0.15, 0.2) is 24.3 Å². The second-order valence-electron chi connectivity index (χ2n) is 3.65. The normalized spacial score (nSPS) is 12.5. The zero-order valence-electron chi connectivity index (χ0n) is 9.49. The van der Waals surface area contributed by atoms with E-state index in [1.54, 1.807) is 7.11 Å². The van der Waals surface area contributed by atoms with Crippen molar-refractivity contribution in [3.8, 4) is 5.75 Å². The average molecular weight is 208 g/mol. The molecule has 1 atom stereocenters. The number of hydrogen-bond donors (Lipinski definition) is 2. The first-order valence-corrected chi connectivity index (χ1v) is 5.33. The summed E-state index contributed by atoms with van der Waals surface area (Å²) in [5.74, 6) is 0.958. The summed E-state index contributed by atoms with van der Waals surface area (Å²) in [5, 5.41) is 3.35. The van der Waals surface area contributed by atoms with Crippen molar-refractivity contribution in [2.24, 2.45) is 5.73 Å². The quantitative estimate of drug-likeness (QED) is 0.738. The number of rotatable bonds is 6. The second-order valence-corrected chi connectivity index (χ2v) is 3.65. The van der Waals surface area contributed by atoms with Gasteiger partial charge < -0.3 is 15.8 Å². The Morgan fingerprint density at radius 1 is 1.40 bits per heavy atom. The molecule has 0 aliphatic heterocycles. The predicted molar refractivity (Wildman–Crippen MR) is 63.2 cm³/mol. The third kappa shape index (κ3) is 3.90. The van der Waals surface area contributed by atoms with Crippen LogP contribution in [0.2, 0.25) is 0 Å². The van der Waals surface area contributed by atoms with Gasteiger partial charge in [-0.15, -0.1) is 0 Å². The van der Waals surface area contributed by atoms with Gasteiger partial charge in [-0.05, 0) is 31.5 Å². The summed E-state index contributed by atoms with van der Waals surface area (Å²) in [4.78, 5) is 0. The van der Waals surface area contributed by atoms with E-state index in [4.69, 9.17) is 10.5 Å². The van der Waals surface area contributed by atoms with Crippen LogP contribution in [0.5, 0.6) is 5.75 Å². The van der Waals surface area contributed by atoms with Crippen LogP contribution in [0.25, 0.3) is 0 Å². The van der Waals surface area contributed by atoms with Crippen LogP contribution < -0.4 is 15.8 Å². The van der Waals surface area contributed by atoms with Crippen molar-refractivity contribution < 1.29 is 4.74 Å². The maximum absolute atomic E-state index is 5.52. The molecule has 84 valence electrons. The van der Waals surface area contributed by atoms with Gasteiger partial charge in [0.05, 0.1) is 7.11 Å². The van der Waals surface area contributed by atoms with Crippen LogP contribution in [0.3, 0.4) is 0 Å². The smallest absolute Gasteiger partial charge is 0.122 e. The standard InChI is InChI=1S/C12H20N2O/c1-10(9-13)14-8-7-11-5-3-4-6-12(11)15-2/h3-6,10,14H,7-9,13H2,1-2H3/t10-/m1/s1. The fourth-order valence-electron chi connectivity index (χ4n) is 1.45. The van der Waals surface area contributed by atoms with Crippen molar-refractivity contribution in [1.82, 2.24) is 5.32 Å². The Bertz CT molecular complexity index is 289. The molecular formula is C12H20N2O. The molecule has 0 aliphatic carbocycles.